The first-order valence-corrected chi connectivity index (χ1v) is 3.63. The van der Waals surface area contributed by atoms with Crippen LogP contribution in [0.15, 0.2) is 18.2 Å². The van der Waals surface area contributed by atoms with Crippen molar-refractivity contribution in [1.82, 2.24) is 0 Å². The third-order valence-electron chi connectivity index (χ3n) is 1.65. The summed E-state index contributed by atoms with van der Waals surface area (Å²) in [5.41, 5.74) is 4.29. The summed E-state index contributed by atoms with van der Waals surface area (Å²) in [7, 11) is 0. The molecule has 0 aliphatic heterocycles. The second-order valence-corrected chi connectivity index (χ2v) is 2.63. The molecule has 1 aromatic rings. The maximum Gasteiger partial charge on any atom is 1.00 e. The average Bonchev–Trinajstić information content (AvgIpc) is 2.01. The van der Waals surface area contributed by atoms with Gasteiger partial charge in [0, 0.05) is 6.54 Å². The Balaban J connectivity index is 0.00000169. The molecule has 0 aliphatic carbocycles. The second kappa shape index (κ2) is 5.62. The number of rotatable bonds is 2. The van der Waals surface area contributed by atoms with E-state index in [0.29, 0.717) is 5.56 Å². The Morgan fingerprint density at radius 3 is 2.14 bits per heavy atom. The molecule has 0 saturated carbocycles. The van der Waals surface area contributed by atoms with E-state index in [0.717, 1.165) is 12.1 Å². The van der Waals surface area contributed by atoms with E-state index in [2.05, 4.69) is 0 Å². The van der Waals surface area contributed by atoms with E-state index in [1.165, 1.54) is 6.07 Å². The summed E-state index contributed by atoms with van der Waals surface area (Å²) in [6.45, 7) is -5.24. The van der Waals surface area contributed by atoms with Gasteiger partial charge in [-0.05, 0) is 11.6 Å². The smallest absolute Gasteiger partial charge is 0.445 e. The Morgan fingerprint density at radius 1 is 1.21 bits per heavy atom. The first kappa shape index (κ1) is 14.6. The van der Waals surface area contributed by atoms with Gasteiger partial charge in [0.2, 0.25) is 0 Å². The predicted molar refractivity (Wildman–Crippen MR) is 43.0 cm³/mol. The fourth-order valence-corrected chi connectivity index (χ4v) is 0.963. The van der Waals surface area contributed by atoms with E-state index < -0.39 is 18.3 Å². The molecule has 14 heavy (non-hydrogen) atoms. The Morgan fingerprint density at radius 2 is 1.79 bits per heavy atom. The van der Waals surface area contributed by atoms with Gasteiger partial charge in [-0.15, -0.1) is 0 Å². The molecular weight excluding hydrogens is 224 g/mol. The van der Waals surface area contributed by atoms with Gasteiger partial charge in [-0.3, -0.25) is 0 Å². The van der Waals surface area contributed by atoms with Gasteiger partial charge in [0.25, 0.3) is 0 Å². The molecule has 2 N–H and O–H groups in total. The zero-order valence-electron chi connectivity index (χ0n) is 7.61. The first-order chi connectivity index (χ1) is 5.95. The molecule has 1 aromatic carbocycles. The third kappa shape index (κ3) is 3.63. The van der Waals surface area contributed by atoms with Crippen molar-refractivity contribution in [2.75, 3.05) is 0 Å². The van der Waals surface area contributed by atoms with Crippen LogP contribution >= 0.6 is 0 Å². The van der Waals surface area contributed by atoms with Crippen LogP contribution in [0.1, 0.15) is 5.56 Å². The summed E-state index contributed by atoms with van der Waals surface area (Å²) in [4.78, 5) is 0. The Hall–Kier alpha value is 0.601. The van der Waals surface area contributed by atoms with Crippen LogP contribution in [-0.2, 0) is 6.54 Å². The maximum absolute atomic E-state index is 12.8. The van der Waals surface area contributed by atoms with Crippen LogP contribution in [-0.4, -0.2) is 6.98 Å². The normalized spacial score (nSPS) is 10.9. The van der Waals surface area contributed by atoms with E-state index in [1.807, 2.05) is 0 Å². The SMILES string of the molecule is NCc1ccc([B-](F)(F)F)c(F)c1.[K+]. The van der Waals surface area contributed by atoms with Gasteiger partial charge in [0.1, 0.15) is 0 Å². The summed E-state index contributed by atoms with van der Waals surface area (Å²) >= 11 is 0. The van der Waals surface area contributed by atoms with Crippen molar-refractivity contribution in [1.29, 1.82) is 0 Å². The molecule has 0 aromatic heterocycles. The summed E-state index contributed by atoms with van der Waals surface area (Å²) in [6, 6.07) is 2.70. The monoisotopic (exact) mass is 231 g/mol. The molecule has 0 radical (unpaired) electrons. The van der Waals surface area contributed by atoms with Crippen LogP contribution < -0.4 is 62.6 Å². The molecule has 1 nitrogen and oxygen atoms in total. The van der Waals surface area contributed by atoms with E-state index in [1.54, 1.807) is 0 Å². The molecule has 72 valence electrons. The van der Waals surface area contributed by atoms with Gasteiger partial charge < -0.3 is 18.7 Å². The first-order valence-electron chi connectivity index (χ1n) is 3.63. The molecule has 0 heterocycles. The number of hydrogen-bond acceptors (Lipinski definition) is 1. The minimum absolute atomic E-state index is 0. The van der Waals surface area contributed by atoms with E-state index in [9.17, 15) is 17.3 Å². The molecule has 0 aliphatic rings. The number of nitrogens with two attached hydrogens (primary N) is 1. The summed E-state index contributed by atoms with van der Waals surface area (Å²) < 4.78 is 49.0. The van der Waals surface area contributed by atoms with Gasteiger partial charge in [-0.1, -0.05) is 17.6 Å². The number of hydrogen-bond donors (Lipinski definition) is 1. The van der Waals surface area contributed by atoms with Crippen molar-refractivity contribution < 1.29 is 68.7 Å². The molecule has 0 spiro atoms. The van der Waals surface area contributed by atoms with Crippen LogP contribution in [0.3, 0.4) is 0 Å². The molecule has 1 rings (SSSR count). The minimum Gasteiger partial charge on any atom is -0.445 e. The maximum atomic E-state index is 12.8. The van der Waals surface area contributed by atoms with Crippen molar-refractivity contribution in [3.8, 4) is 0 Å². The van der Waals surface area contributed by atoms with Gasteiger partial charge in [-0.2, -0.15) is 0 Å². The Labute approximate surface area is 122 Å². The van der Waals surface area contributed by atoms with Gasteiger partial charge in [0.05, 0.1) is 5.82 Å². The molecule has 0 atom stereocenters. The predicted octanol–water partition coefficient (Wildman–Crippen LogP) is -1.66. The fraction of sp³-hybridized carbons (Fsp3) is 0.143. The van der Waals surface area contributed by atoms with Crippen LogP contribution in [0.25, 0.3) is 0 Å². The molecule has 0 fully saturated rings. The van der Waals surface area contributed by atoms with Gasteiger partial charge >= 0.3 is 58.4 Å². The zero-order chi connectivity index (χ0) is 10.1. The minimum atomic E-state index is -5.27. The fourth-order valence-electron chi connectivity index (χ4n) is 0.963. The van der Waals surface area contributed by atoms with Crippen molar-refractivity contribution in [3.05, 3.63) is 29.6 Å². The van der Waals surface area contributed by atoms with Crippen molar-refractivity contribution in [3.63, 3.8) is 0 Å². The largest absolute Gasteiger partial charge is 1.00 e. The molecule has 7 heteroatoms. The molecule has 0 unspecified atom stereocenters. The quantitative estimate of drug-likeness (QED) is 0.478. The molecule has 0 saturated heterocycles. The topological polar surface area (TPSA) is 26.0 Å². The van der Waals surface area contributed by atoms with Crippen molar-refractivity contribution in [2.24, 2.45) is 5.73 Å². The number of halogens is 4. The molecular formula is C7H7BF4KN. The van der Waals surface area contributed by atoms with Crippen molar-refractivity contribution >= 4 is 12.4 Å². The standard InChI is InChI=1S/C7H7BF4N.K/c9-7-3-5(4-13)1-2-6(7)8(10,11)12;/h1-3H,4,13H2;/q-1;+1. The number of benzene rings is 1. The average molecular weight is 231 g/mol. The molecule has 0 bridgehead atoms. The van der Waals surface area contributed by atoms with E-state index >= 15 is 0 Å². The van der Waals surface area contributed by atoms with Crippen LogP contribution in [0.5, 0.6) is 0 Å². The second-order valence-electron chi connectivity index (χ2n) is 2.63. The van der Waals surface area contributed by atoms with Crippen LogP contribution in [0.2, 0.25) is 0 Å². The zero-order valence-corrected chi connectivity index (χ0v) is 10.7. The summed E-state index contributed by atoms with van der Waals surface area (Å²) in [5.74, 6) is -1.25. The Kier molecular flexibility index (Phi) is 5.86. The van der Waals surface area contributed by atoms with E-state index in [-0.39, 0.29) is 57.9 Å². The summed E-state index contributed by atoms with van der Waals surface area (Å²) in [5, 5.41) is 0. The van der Waals surface area contributed by atoms with Crippen LogP contribution in [0.4, 0.5) is 17.3 Å². The van der Waals surface area contributed by atoms with Crippen molar-refractivity contribution in [2.45, 2.75) is 6.54 Å². The van der Waals surface area contributed by atoms with Gasteiger partial charge in [-0.25, -0.2) is 4.39 Å². The summed E-state index contributed by atoms with van der Waals surface area (Å²) in [6.07, 6.45) is 0. The van der Waals surface area contributed by atoms with Crippen LogP contribution in [0, 0.1) is 5.82 Å². The van der Waals surface area contributed by atoms with E-state index in [4.69, 9.17) is 5.73 Å². The van der Waals surface area contributed by atoms with Gasteiger partial charge in [0.15, 0.2) is 0 Å². The third-order valence-corrected chi connectivity index (χ3v) is 1.65. The molecule has 0 amide bonds. The Bertz CT molecular complexity index is 315.